The minimum atomic E-state index is 0.0651. The van der Waals surface area contributed by atoms with Gasteiger partial charge in [0, 0.05) is 32.4 Å². The van der Waals surface area contributed by atoms with Gasteiger partial charge in [0.05, 0.1) is 6.54 Å². The van der Waals surface area contributed by atoms with Crippen LogP contribution in [0.25, 0.3) is 0 Å². The van der Waals surface area contributed by atoms with Gasteiger partial charge in [-0.2, -0.15) is 0 Å². The Morgan fingerprint density at radius 2 is 1.94 bits per heavy atom. The molecule has 0 fully saturated rings. The lowest BCUT2D eigenvalue weighted by Gasteiger charge is -2.23. The number of nitrogens with zero attached hydrogens (tertiary/aromatic N) is 2. The molecule has 0 unspecified atom stereocenters. The van der Waals surface area contributed by atoms with Crippen LogP contribution in [0.4, 0.5) is 5.69 Å². The highest BCUT2D eigenvalue weighted by Gasteiger charge is 2.11. The second-order valence-corrected chi connectivity index (χ2v) is 4.95. The number of hydrogen-bond acceptors (Lipinski definition) is 3. The van der Waals surface area contributed by atoms with E-state index in [0.29, 0.717) is 11.5 Å². The van der Waals surface area contributed by atoms with Gasteiger partial charge in [-0.1, -0.05) is 12.2 Å². The van der Waals surface area contributed by atoms with E-state index in [-0.39, 0.29) is 5.91 Å². The average Bonchev–Trinajstić information content (AvgIpc) is 2.28. The predicted octanol–water partition coefficient (Wildman–Crippen LogP) is 1.15. The lowest BCUT2D eigenvalue weighted by molar-refractivity contribution is -0.127. The summed E-state index contributed by atoms with van der Waals surface area (Å²) in [5, 5.41) is 0. The van der Waals surface area contributed by atoms with E-state index in [4.69, 9.17) is 18.0 Å². The number of aryl methyl sites for hydroxylation is 1. The predicted molar refractivity (Wildman–Crippen MR) is 79.0 cm³/mol. The zero-order valence-corrected chi connectivity index (χ0v) is 12.0. The molecule has 98 valence electrons. The van der Waals surface area contributed by atoms with Crippen LogP contribution in [0.5, 0.6) is 0 Å². The summed E-state index contributed by atoms with van der Waals surface area (Å²) in [6.07, 6.45) is 0. The summed E-state index contributed by atoms with van der Waals surface area (Å²) in [6, 6.07) is 5.75. The number of benzene rings is 1. The third-order valence-corrected chi connectivity index (χ3v) is 3.00. The monoisotopic (exact) mass is 265 g/mol. The summed E-state index contributed by atoms with van der Waals surface area (Å²) in [5.41, 5.74) is 8.49. The highest BCUT2D eigenvalue weighted by atomic mass is 32.1. The van der Waals surface area contributed by atoms with Gasteiger partial charge < -0.3 is 15.5 Å². The molecule has 0 aliphatic carbocycles. The number of anilines is 1. The Hall–Kier alpha value is -1.62. The molecule has 0 aliphatic rings. The van der Waals surface area contributed by atoms with Gasteiger partial charge in [0.25, 0.3) is 0 Å². The lowest BCUT2D eigenvalue weighted by atomic mass is 10.1. The summed E-state index contributed by atoms with van der Waals surface area (Å²) >= 11 is 4.94. The standard InChI is InChI=1S/C13H19N3OS/c1-9-7-10(13(14)18)5-6-11(9)16(4)8-12(17)15(2)3/h5-7H,8H2,1-4H3,(H2,14,18). The summed E-state index contributed by atoms with van der Waals surface area (Å²) in [6.45, 7) is 2.33. The van der Waals surface area contributed by atoms with Crippen LogP contribution in [0.3, 0.4) is 0 Å². The van der Waals surface area contributed by atoms with Crippen LogP contribution in [0, 0.1) is 6.92 Å². The Kier molecular flexibility index (Phi) is 4.67. The Morgan fingerprint density at radius 3 is 2.39 bits per heavy atom. The summed E-state index contributed by atoms with van der Waals surface area (Å²) in [5.74, 6) is 0.0651. The molecule has 0 radical (unpaired) electrons. The van der Waals surface area contributed by atoms with E-state index < -0.39 is 0 Å². The summed E-state index contributed by atoms with van der Waals surface area (Å²) in [7, 11) is 5.39. The molecule has 0 saturated carbocycles. The van der Waals surface area contributed by atoms with Gasteiger partial charge in [-0.25, -0.2) is 0 Å². The van der Waals surface area contributed by atoms with Crippen LogP contribution in [0.1, 0.15) is 11.1 Å². The molecule has 0 bridgehead atoms. The van der Waals surface area contributed by atoms with E-state index in [1.165, 1.54) is 0 Å². The van der Waals surface area contributed by atoms with Crippen molar-refractivity contribution < 1.29 is 4.79 Å². The van der Waals surface area contributed by atoms with Gasteiger partial charge in [0.1, 0.15) is 4.99 Å². The molecular formula is C13H19N3OS. The maximum absolute atomic E-state index is 11.7. The van der Waals surface area contributed by atoms with E-state index in [9.17, 15) is 4.79 Å². The van der Waals surface area contributed by atoms with Crippen molar-refractivity contribution in [1.29, 1.82) is 0 Å². The van der Waals surface area contributed by atoms with Crippen molar-refractivity contribution in [3.8, 4) is 0 Å². The quantitative estimate of drug-likeness (QED) is 0.830. The number of nitrogens with two attached hydrogens (primary N) is 1. The zero-order chi connectivity index (χ0) is 13.9. The molecule has 0 spiro atoms. The number of carbonyl (C=O) groups is 1. The first-order valence-corrected chi connectivity index (χ1v) is 6.05. The zero-order valence-electron chi connectivity index (χ0n) is 11.2. The van der Waals surface area contributed by atoms with Crippen molar-refractivity contribution in [2.24, 2.45) is 5.73 Å². The third-order valence-electron chi connectivity index (χ3n) is 2.76. The molecular weight excluding hydrogens is 246 g/mol. The fraction of sp³-hybridized carbons (Fsp3) is 0.385. The average molecular weight is 265 g/mol. The fourth-order valence-corrected chi connectivity index (χ4v) is 1.79. The van der Waals surface area contributed by atoms with E-state index in [0.717, 1.165) is 16.8 Å². The minimum absolute atomic E-state index is 0.0651. The number of likely N-dealkylation sites (N-methyl/N-ethyl adjacent to an activating group) is 2. The SMILES string of the molecule is Cc1cc(C(N)=S)ccc1N(C)CC(=O)N(C)C. The van der Waals surface area contributed by atoms with Crippen molar-refractivity contribution in [1.82, 2.24) is 4.90 Å². The van der Waals surface area contributed by atoms with E-state index in [2.05, 4.69) is 0 Å². The highest BCUT2D eigenvalue weighted by molar-refractivity contribution is 7.80. The first kappa shape index (κ1) is 14.4. The van der Waals surface area contributed by atoms with Crippen molar-refractivity contribution in [2.75, 3.05) is 32.6 Å². The Bertz CT molecular complexity index is 471. The second kappa shape index (κ2) is 5.82. The molecule has 1 amide bonds. The maximum atomic E-state index is 11.7. The van der Waals surface area contributed by atoms with Crippen LogP contribution in [0.2, 0.25) is 0 Å². The third kappa shape index (κ3) is 3.43. The van der Waals surface area contributed by atoms with Crippen molar-refractivity contribution in [2.45, 2.75) is 6.92 Å². The Balaban J connectivity index is 2.90. The normalized spacial score (nSPS) is 10.0. The number of rotatable bonds is 4. The number of amides is 1. The Morgan fingerprint density at radius 1 is 1.33 bits per heavy atom. The molecule has 18 heavy (non-hydrogen) atoms. The largest absolute Gasteiger partial charge is 0.389 e. The van der Waals surface area contributed by atoms with Crippen LogP contribution in [-0.4, -0.2) is 43.5 Å². The second-order valence-electron chi connectivity index (χ2n) is 4.51. The molecule has 2 N–H and O–H groups in total. The van der Waals surface area contributed by atoms with Crippen LogP contribution in [0.15, 0.2) is 18.2 Å². The van der Waals surface area contributed by atoms with E-state index in [1.807, 2.05) is 37.1 Å². The topological polar surface area (TPSA) is 49.6 Å². The van der Waals surface area contributed by atoms with Crippen molar-refractivity contribution >= 4 is 28.8 Å². The first-order valence-electron chi connectivity index (χ1n) is 5.64. The number of carbonyl (C=O) groups excluding carboxylic acids is 1. The maximum Gasteiger partial charge on any atom is 0.241 e. The molecule has 0 saturated heterocycles. The number of hydrogen-bond donors (Lipinski definition) is 1. The number of thiocarbonyl (C=S) groups is 1. The molecule has 0 aromatic heterocycles. The van der Waals surface area contributed by atoms with Gasteiger partial charge in [-0.15, -0.1) is 0 Å². The molecule has 5 heteroatoms. The van der Waals surface area contributed by atoms with Crippen molar-refractivity contribution in [3.05, 3.63) is 29.3 Å². The van der Waals surface area contributed by atoms with Gasteiger partial charge in [-0.3, -0.25) is 4.79 Å². The molecule has 0 atom stereocenters. The first-order chi connectivity index (χ1) is 8.32. The fourth-order valence-electron chi connectivity index (χ4n) is 1.67. The smallest absolute Gasteiger partial charge is 0.241 e. The molecule has 1 aromatic carbocycles. The summed E-state index contributed by atoms with van der Waals surface area (Å²) in [4.78, 5) is 15.5. The molecule has 1 rings (SSSR count). The lowest BCUT2D eigenvalue weighted by Crippen LogP contribution is -2.34. The van der Waals surface area contributed by atoms with Crippen molar-refractivity contribution in [3.63, 3.8) is 0 Å². The summed E-state index contributed by atoms with van der Waals surface area (Å²) < 4.78 is 0. The van der Waals surface area contributed by atoms with Gasteiger partial charge >= 0.3 is 0 Å². The van der Waals surface area contributed by atoms with E-state index >= 15 is 0 Å². The molecule has 1 aromatic rings. The Labute approximate surface area is 113 Å². The van der Waals surface area contributed by atoms with Gasteiger partial charge in [0.2, 0.25) is 5.91 Å². The minimum Gasteiger partial charge on any atom is -0.389 e. The molecule has 4 nitrogen and oxygen atoms in total. The van der Waals surface area contributed by atoms with E-state index in [1.54, 1.807) is 19.0 Å². The van der Waals surface area contributed by atoms with Crippen LogP contribution < -0.4 is 10.6 Å². The van der Waals surface area contributed by atoms with Gasteiger partial charge in [-0.05, 0) is 30.7 Å². The van der Waals surface area contributed by atoms with Gasteiger partial charge in [0.15, 0.2) is 0 Å². The molecule has 0 aliphatic heterocycles. The van der Waals surface area contributed by atoms with Crippen LogP contribution in [-0.2, 0) is 4.79 Å². The molecule has 0 heterocycles. The van der Waals surface area contributed by atoms with Crippen LogP contribution >= 0.6 is 12.2 Å². The highest BCUT2D eigenvalue weighted by Crippen LogP contribution is 2.20.